The summed E-state index contributed by atoms with van der Waals surface area (Å²) in [5.41, 5.74) is 0. The lowest BCUT2D eigenvalue weighted by atomic mass is 9.99. The first kappa shape index (κ1) is 58.4. The lowest BCUT2D eigenvalue weighted by molar-refractivity contribution is -0.167. The molecule has 0 N–H and O–H groups in total. The molecule has 0 bridgehead atoms. The summed E-state index contributed by atoms with van der Waals surface area (Å²) >= 11 is 0. The number of carbonyl (C=O) groups excluding carboxylic acids is 3. The highest BCUT2D eigenvalue weighted by Crippen LogP contribution is 2.18. The highest BCUT2D eigenvalue weighted by Gasteiger charge is 2.19. The van der Waals surface area contributed by atoms with E-state index in [9.17, 15) is 14.4 Å². The van der Waals surface area contributed by atoms with Gasteiger partial charge in [0, 0.05) is 19.3 Å². The molecule has 6 nitrogen and oxygen atoms in total. The minimum Gasteiger partial charge on any atom is -0.462 e. The van der Waals surface area contributed by atoms with Gasteiger partial charge in [-0.2, -0.15) is 0 Å². The molecule has 0 fully saturated rings. The molecule has 0 aromatic carbocycles. The van der Waals surface area contributed by atoms with Crippen molar-refractivity contribution in [2.45, 2.75) is 304 Å². The first-order valence-electron chi connectivity index (χ1n) is 26.8. The van der Waals surface area contributed by atoms with Crippen LogP contribution >= 0.6 is 0 Å². The third kappa shape index (κ3) is 45.9. The number of carbonyl (C=O) groups is 3. The highest BCUT2D eigenvalue weighted by molar-refractivity contribution is 5.71. The van der Waals surface area contributed by atoms with Gasteiger partial charge in [0.2, 0.25) is 0 Å². The van der Waals surface area contributed by atoms with Crippen molar-refractivity contribution in [2.75, 3.05) is 13.2 Å². The van der Waals surface area contributed by atoms with E-state index >= 15 is 0 Å². The summed E-state index contributed by atoms with van der Waals surface area (Å²) in [6.07, 6.45) is 48.0. The second kappa shape index (κ2) is 46.9. The Morgan fingerprint density at radius 3 is 0.950 bits per heavy atom. The minimum atomic E-state index is -0.762. The Labute approximate surface area is 374 Å². The van der Waals surface area contributed by atoms with Gasteiger partial charge in [0.15, 0.2) is 6.10 Å². The molecule has 0 aliphatic heterocycles. The normalized spacial score (nSPS) is 12.5. The van der Waals surface area contributed by atoms with Crippen LogP contribution in [0, 0.1) is 11.8 Å². The maximum absolute atomic E-state index is 12.8. The summed E-state index contributed by atoms with van der Waals surface area (Å²) < 4.78 is 16.8. The van der Waals surface area contributed by atoms with Gasteiger partial charge in [0.05, 0.1) is 0 Å². The maximum atomic E-state index is 12.8. The van der Waals surface area contributed by atoms with Crippen molar-refractivity contribution in [2.24, 2.45) is 11.8 Å². The van der Waals surface area contributed by atoms with Crippen LogP contribution in [0.5, 0.6) is 0 Å². The van der Waals surface area contributed by atoms with Gasteiger partial charge < -0.3 is 14.2 Å². The van der Waals surface area contributed by atoms with Gasteiger partial charge in [-0.05, 0) is 31.1 Å². The van der Waals surface area contributed by atoms with Crippen LogP contribution in [0.15, 0.2) is 0 Å². The monoisotopic (exact) mass is 849 g/mol. The molecule has 356 valence electrons. The van der Waals surface area contributed by atoms with Crippen LogP contribution in [0.4, 0.5) is 0 Å². The molecule has 0 heterocycles. The van der Waals surface area contributed by atoms with Gasteiger partial charge in [-0.25, -0.2) is 0 Å². The standard InChI is InChI=1S/C54H104O6/c1-6-8-9-10-11-12-13-14-15-16-17-18-19-23-29-34-39-44-52(55)58-47-51(48-59-53(56)45-40-35-30-26-25-28-33-38-43-50(5)7-2)60-54(57)46-41-36-31-24-21-20-22-27-32-37-42-49(3)4/h49-51H,6-48H2,1-5H3/t50?,51-/m1/s1. The second-order valence-electron chi connectivity index (χ2n) is 19.2. The third-order valence-corrected chi connectivity index (χ3v) is 12.6. The Kier molecular flexibility index (Phi) is 45.7. The van der Waals surface area contributed by atoms with Gasteiger partial charge in [-0.3, -0.25) is 14.4 Å². The van der Waals surface area contributed by atoms with E-state index in [1.807, 2.05) is 0 Å². The van der Waals surface area contributed by atoms with E-state index < -0.39 is 6.10 Å². The zero-order chi connectivity index (χ0) is 44.0. The number of hydrogen-bond donors (Lipinski definition) is 0. The maximum Gasteiger partial charge on any atom is 0.306 e. The smallest absolute Gasteiger partial charge is 0.306 e. The van der Waals surface area contributed by atoms with Crippen molar-refractivity contribution < 1.29 is 28.6 Å². The first-order chi connectivity index (χ1) is 29.3. The quantitative estimate of drug-likeness (QED) is 0.0345. The lowest BCUT2D eigenvalue weighted by Gasteiger charge is -2.18. The number of unbranched alkanes of at least 4 members (excludes halogenated alkanes) is 32. The Balaban J connectivity index is 4.30. The van der Waals surface area contributed by atoms with Crippen LogP contribution in [-0.4, -0.2) is 37.2 Å². The van der Waals surface area contributed by atoms with Gasteiger partial charge in [0.25, 0.3) is 0 Å². The average molecular weight is 849 g/mol. The van der Waals surface area contributed by atoms with Crippen molar-refractivity contribution in [3.63, 3.8) is 0 Å². The molecule has 0 aliphatic rings. The molecule has 0 aromatic rings. The molecule has 0 saturated carbocycles. The molecule has 0 radical (unpaired) electrons. The molecule has 0 saturated heterocycles. The molecule has 0 aliphatic carbocycles. The summed E-state index contributed by atoms with van der Waals surface area (Å²) in [5, 5.41) is 0. The Bertz CT molecular complexity index is 918. The summed E-state index contributed by atoms with van der Waals surface area (Å²) in [4.78, 5) is 38.0. The third-order valence-electron chi connectivity index (χ3n) is 12.6. The predicted molar refractivity (Wildman–Crippen MR) is 256 cm³/mol. The zero-order valence-electron chi connectivity index (χ0n) is 41.1. The zero-order valence-corrected chi connectivity index (χ0v) is 41.1. The number of rotatable bonds is 48. The van der Waals surface area contributed by atoms with Gasteiger partial charge in [0.1, 0.15) is 13.2 Å². The molecule has 0 aromatic heterocycles. The highest BCUT2D eigenvalue weighted by atomic mass is 16.6. The van der Waals surface area contributed by atoms with Crippen LogP contribution in [-0.2, 0) is 28.6 Å². The van der Waals surface area contributed by atoms with Crippen LogP contribution in [0.3, 0.4) is 0 Å². The second-order valence-corrected chi connectivity index (χ2v) is 19.2. The van der Waals surface area contributed by atoms with Gasteiger partial charge >= 0.3 is 17.9 Å². The van der Waals surface area contributed by atoms with E-state index in [1.54, 1.807) is 0 Å². The van der Waals surface area contributed by atoms with Crippen LogP contribution in [0.25, 0.3) is 0 Å². The van der Waals surface area contributed by atoms with E-state index in [2.05, 4.69) is 34.6 Å². The van der Waals surface area contributed by atoms with E-state index in [1.165, 1.54) is 186 Å². The number of esters is 3. The summed E-state index contributed by atoms with van der Waals surface area (Å²) in [7, 11) is 0. The average Bonchev–Trinajstić information content (AvgIpc) is 3.23. The van der Waals surface area contributed by atoms with E-state index in [4.69, 9.17) is 14.2 Å². The van der Waals surface area contributed by atoms with Crippen molar-refractivity contribution in [1.29, 1.82) is 0 Å². The van der Waals surface area contributed by atoms with E-state index in [0.717, 1.165) is 69.6 Å². The molecule has 2 atom stereocenters. The van der Waals surface area contributed by atoms with E-state index in [-0.39, 0.29) is 31.1 Å². The van der Waals surface area contributed by atoms with Crippen LogP contribution < -0.4 is 0 Å². The molecule has 1 unspecified atom stereocenters. The largest absolute Gasteiger partial charge is 0.462 e. The molecular weight excluding hydrogens is 745 g/mol. The number of ether oxygens (including phenoxy) is 3. The summed E-state index contributed by atoms with van der Waals surface area (Å²) in [6, 6.07) is 0. The lowest BCUT2D eigenvalue weighted by Crippen LogP contribution is -2.30. The summed E-state index contributed by atoms with van der Waals surface area (Å²) in [5.74, 6) is 0.816. The Hall–Kier alpha value is -1.59. The van der Waals surface area contributed by atoms with Gasteiger partial charge in [-0.15, -0.1) is 0 Å². The molecule has 0 amide bonds. The Morgan fingerprint density at radius 1 is 0.350 bits per heavy atom. The van der Waals surface area contributed by atoms with E-state index in [0.29, 0.717) is 19.3 Å². The van der Waals surface area contributed by atoms with Crippen molar-refractivity contribution in [3.05, 3.63) is 0 Å². The summed E-state index contributed by atoms with van der Waals surface area (Å²) in [6.45, 7) is 11.4. The first-order valence-corrected chi connectivity index (χ1v) is 26.8. The fourth-order valence-corrected chi connectivity index (χ4v) is 8.13. The van der Waals surface area contributed by atoms with Crippen LogP contribution in [0.1, 0.15) is 298 Å². The fourth-order valence-electron chi connectivity index (χ4n) is 8.13. The molecule has 6 heteroatoms. The SMILES string of the molecule is CCCCCCCCCCCCCCCCCCCC(=O)OC[C@H](COC(=O)CCCCCCCCCCC(C)CC)OC(=O)CCCCCCCCCCCCC(C)C. The predicted octanol–water partition coefficient (Wildman–Crippen LogP) is 17.3. The molecule has 0 spiro atoms. The van der Waals surface area contributed by atoms with Crippen molar-refractivity contribution >= 4 is 17.9 Å². The molecule has 0 rings (SSSR count). The topological polar surface area (TPSA) is 78.9 Å². The van der Waals surface area contributed by atoms with Crippen molar-refractivity contribution in [1.82, 2.24) is 0 Å². The van der Waals surface area contributed by atoms with Crippen LogP contribution in [0.2, 0.25) is 0 Å². The van der Waals surface area contributed by atoms with Crippen molar-refractivity contribution in [3.8, 4) is 0 Å². The number of hydrogen-bond acceptors (Lipinski definition) is 6. The molecule has 60 heavy (non-hydrogen) atoms. The van der Waals surface area contributed by atoms with Gasteiger partial charge in [-0.1, -0.05) is 259 Å². The Morgan fingerprint density at radius 2 is 0.633 bits per heavy atom. The fraction of sp³-hybridized carbons (Fsp3) is 0.944. The minimum absolute atomic E-state index is 0.0639. The molecular formula is C54H104O6.